The van der Waals surface area contributed by atoms with Crippen LogP contribution < -0.4 is 0 Å². The number of hydrogen-bond acceptors (Lipinski definition) is 6. The molecule has 28 heavy (non-hydrogen) atoms. The molecule has 0 saturated carbocycles. The third-order valence-electron chi connectivity index (χ3n) is 4.59. The number of hydrogen-bond donors (Lipinski definition) is 1. The Balaban J connectivity index is 1.40. The Hall–Kier alpha value is -2.16. The average Bonchev–Trinajstić information content (AvgIpc) is 3.47. The number of thiophene rings is 2. The van der Waals surface area contributed by atoms with Crippen molar-refractivity contribution >= 4 is 40.2 Å². The summed E-state index contributed by atoms with van der Waals surface area (Å²) in [4.78, 5) is 19.7. The lowest BCUT2D eigenvalue weighted by atomic mass is 10.2. The number of nitrogens with zero attached hydrogens (tertiary/aromatic N) is 3. The van der Waals surface area contributed by atoms with Crippen LogP contribution in [-0.2, 0) is 13.0 Å². The van der Waals surface area contributed by atoms with Crippen molar-refractivity contribution < 1.29 is 4.79 Å². The number of thioether (sulfide) groups is 1. The molecule has 0 bridgehead atoms. The summed E-state index contributed by atoms with van der Waals surface area (Å²) < 4.78 is 2.24. The molecule has 1 N–H and O–H groups in total. The van der Waals surface area contributed by atoms with Gasteiger partial charge < -0.3 is 4.57 Å². The first-order valence-corrected chi connectivity index (χ1v) is 11.7. The Morgan fingerprint density at radius 2 is 2.04 bits per heavy atom. The van der Waals surface area contributed by atoms with Gasteiger partial charge in [0.05, 0.1) is 10.6 Å². The van der Waals surface area contributed by atoms with Crippen molar-refractivity contribution in [1.82, 2.24) is 19.7 Å². The van der Waals surface area contributed by atoms with E-state index >= 15 is 0 Å². The van der Waals surface area contributed by atoms with E-state index in [9.17, 15) is 4.79 Å². The second-order valence-electron chi connectivity index (χ2n) is 6.42. The van der Waals surface area contributed by atoms with Crippen LogP contribution in [0.25, 0.3) is 10.7 Å². The number of Topliss-reactive ketones (excluding diaryl/α,β-unsaturated/α-hetero) is 1. The van der Waals surface area contributed by atoms with Crippen LogP contribution in [0.2, 0.25) is 0 Å². The maximum Gasteiger partial charge on any atom is 0.209 e. The lowest BCUT2D eigenvalue weighted by Gasteiger charge is -2.09. The Bertz CT molecular complexity index is 1060. The molecule has 8 heteroatoms. The van der Waals surface area contributed by atoms with Gasteiger partial charge in [0.25, 0.3) is 0 Å². The zero-order chi connectivity index (χ0) is 19.5. The first-order chi connectivity index (χ1) is 13.6. The molecule has 5 nitrogen and oxygen atoms in total. The van der Waals surface area contributed by atoms with Crippen LogP contribution in [0.15, 0.2) is 46.2 Å². The number of aromatic amines is 1. The SMILES string of the molecule is Cc1cc(C(=O)CSc2n[nH]c(-c3cccs3)n2)c(C)n1CCc1cccs1. The van der Waals surface area contributed by atoms with Crippen LogP contribution in [0, 0.1) is 13.8 Å². The number of nitrogens with one attached hydrogen (secondary N) is 1. The van der Waals surface area contributed by atoms with Gasteiger partial charge in [-0.2, -0.15) is 0 Å². The Morgan fingerprint density at radius 3 is 2.79 bits per heavy atom. The molecule has 4 heterocycles. The molecule has 0 unspecified atom stereocenters. The fourth-order valence-electron chi connectivity index (χ4n) is 3.15. The van der Waals surface area contributed by atoms with Crippen molar-refractivity contribution in [3.05, 3.63) is 62.9 Å². The number of H-pyrrole nitrogens is 1. The van der Waals surface area contributed by atoms with Crippen molar-refractivity contribution in [2.24, 2.45) is 0 Å². The van der Waals surface area contributed by atoms with Gasteiger partial charge in [0.1, 0.15) is 0 Å². The predicted molar refractivity (Wildman–Crippen MR) is 117 cm³/mol. The molecule has 0 amide bonds. The van der Waals surface area contributed by atoms with Gasteiger partial charge >= 0.3 is 0 Å². The number of aromatic nitrogens is 4. The highest BCUT2D eigenvalue weighted by Gasteiger charge is 2.17. The zero-order valence-corrected chi connectivity index (χ0v) is 18.1. The smallest absolute Gasteiger partial charge is 0.209 e. The Kier molecular flexibility index (Phi) is 5.79. The molecule has 144 valence electrons. The predicted octanol–water partition coefficient (Wildman–Crippen LogP) is 5.23. The molecule has 4 aromatic rings. The van der Waals surface area contributed by atoms with Gasteiger partial charge in [-0.15, -0.1) is 27.8 Å². The van der Waals surface area contributed by atoms with Gasteiger partial charge in [0, 0.05) is 28.4 Å². The van der Waals surface area contributed by atoms with Crippen LogP contribution in [0.4, 0.5) is 0 Å². The minimum atomic E-state index is 0.114. The van der Waals surface area contributed by atoms with E-state index in [4.69, 9.17) is 0 Å². The van der Waals surface area contributed by atoms with Crippen LogP contribution in [0.1, 0.15) is 26.6 Å². The van der Waals surface area contributed by atoms with E-state index < -0.39 is 0 Å². The number of ketones is 1. The molecule has 0 radical (unpaired) electrons. The van der Waals surface area contributed by atoms with Crippen molar-refractivity contribution in [2.75, 3.05) is 5.75 Å². The summed E-state index contributed by atoms with van der Waals surface area (Å²) >= 11 is 4.75. The van der Waals surface area contributed by atoms with Crippen molar-refractivity contribution in [3.8, 4) is 10.7 Å². The van der Waals surface area contributed by atoms with Gasteiger partial charge in [-0.05, 0) is 49.2 Å². The Morgan fingerprint density at radius 1 is 1.21 bits per heavy atom. The standard InChI is InChI=1S/C20H20N4OS3/c1-13-11-16(14(2)24(13)8-7-15-5-3-9-26-15)17(25)12-28-20-21-19(22-23-20)18-6-4-10-27-18/h3-6,9-11H,7-8,12H2,1-2H3,(H,21,22,23). The molecule has 4 rings (SSSR count). The summed E-state index contributed by atoms with van der Waals surface area (Å²) in [6.07, 6.45) is 0.985. The summed E-state index contributed by atoms with van der Waals surface area (Å²) in [6, 6.07) is 10.2. The van der Waals surface area contributed by atoms with E-state index in [0.717, 1.165) is 40.6 Å². The highest BCUT2D eigenvalue weighted by Crippen LogP contribution is 2.24. The molecule has 0 aliphatic heterocycles. The number of aryl methyl sites for hydroxylation is 2. The van der Waals surface area contributed by atoms with Crippen molar-refractivity contribution in [3.63, 3.8) is 0 Å². The normalized spacial score (nSPS) is 11.2. The van der Waals surface area contributed by atoms with Crippen molar-refractivity contribution in [1.29, 1.82) is 0 Å². The van der Waals surface area contributed by atoms with Gasteiger partial charge in [0.2, 0.25) is 5.16 Å². The largest absolute Gasteiger partial charge is 0.348 e. The quantitative estimate of drug-likeness (QED) is 0.308. The maximum atomic E-state index is 12.8. The number of carbonyl (C=O) groups excluding carboxylic acids is 1. The number of carbonyl (C=O) groups is 1. The topological polar surface area (TPSA) is 63.6 Å². The molecule has 0 aromatic carbocycles. The third kappa shape index (κ3) is 4.14. The number of rotatable bonds is 8. The maximum absolute atomic E-state index is 12.8. The summed E-state index contributed by atoms with van der Waals surface area (Å²) in [5.41, 5.74) is 2.96. The summed E-state index contributed by atoms with van der Waals surface area (Å²) in [5.74, 6) is 1.19. The minimum absolute atomic E-state index is 0.114. The lowest BCUT2D eigenvalue weighted by Crippen LogP contribution is -2.08. The highest BCUT2D eigenvalue weighted by atomic mass is 32.2. The monoisotopic (exact) mass is 428 g/mol. The molecule has 0 spiro atoms. The molecule has 0 saturated heterocycles. The van der Waals surface area contributed by atoms with Gasteiger partial charge in [-0.25, -0.2) is 4.98 Å². The molecule has 0 fully saturated rings. The second kappa shape index (κ2) is 8.46. The van der Waals surface area contributed by atoms with Crippen LogP contribution >= 0.6 is 34.4 Å². The second-order valence-corrected chi connectivity index (χ2v) is 9.34. The fourth-order valence-corrected chi connectivity index (χ4v) is 5.19. The molecular formula is C20H20N4OS3. The molecule has 0 aliphatic carbocycles. The van der Waals surface area contributed by atoms with Crippen molar-refractivity contribution in [2.45, 2.75) is 32.0 Å². The van der Waals surface area contributed by atoms with E-state index in [2.05, 4.69) is 44.2 Å². The van der Waals surface area contributed by atoms with E-state index in [1.165, 1.54) is 16.6 Å². The van der Waals surface area contributed by atoms with E-state index in [1.54, 1.807) is 22.7 Å². The summed E-state index contributed by atoms with van der Waals surface area (Å²) in [5, 5.41) is 11.9. The van der Waals surface area contributed by atoms with Gasteiger partial charge in [-0.1, -0.05) is 23.9 Å². The first kappa shape index (κ1) is 19.2. The first-order valence-electron chi connectivity index (χ1n) is 8.93. The van der Waals surface area contributed by atoms with Crippen LogP contribution in [0.3, 0.4) is 0 Å². The minimum Gasteiger partial charge on any atom is -0.348 e. The summed E-state index contributed by atoms with van der Waals surface area (Å²) in [7, 11) is 0. The van der Waals surface area contributed by atoms with E-state index in [0.29, 0.717) is 10.9 Å². The van der Waals surface area contributed by atoms with E-state index in [-0.39, 0.29) is 5.78 Å². The Labute approximate surface area is 175 Å². The van der Waals surface area contributed by atoms with Gasteiger partial charge in [-0.3, -0.25) is 9.89 Å². The molecule has 0 aliphatic rings. The van der Waals surface area contributed by atoms with E-state index in [1.807, 2.05) is 30.5 Å². The molecule has 0 atom stereocenters. The fraction of sp³-hybridized carbons (Fsp3) is 0.250. The third-order valence-corrected chi connectivity index (χ3v) is 7.25. The van der Waals surface area contributed by atoms with Gasteiger partial charge in [0.15, 0.2) is 11.6 Å². The highest BCUT2D eigenvalue weighted by molar-refractivity contribution is 7.99. The molecule has 4 aromatic heterocycles. The average molecular weight is 429 g/mol. The van der Waals surface area contributed by atoms with Crippen LogP contribution in [-0.4, -0.2) is 31.3 Å². The van der Waals surface area contributed by atoms with Crippen LogP contribution in [0.5, 0.6) is 0 Å². The molecular weight excluding hydrogens is 408 g/mol. The lowest BCUT2D eigenvalue weighted by molar-refractivity contribution is 0.102. The zero-order valence-electron chi connectivity index (χ0n) is 15.6. The summed E-state index contributed by atoms with van der Waals surface area (Å²) in [6.45, 7) is 4.98.